The third kappa shape index (κ3) is 5.24. The molecule has 2 amide bonds. The summed E-state index contributed by atoms with van der Waals surface area (Å²) in [5, 5.41) is 7.08. The number of amides is 2. The first-order valence-corrected chi connectivity index (χ1v) is 10.6. The smallest absolute Gasteiger partial charge is 0.275 e. The molecule has 25 heavy (non-hydrogen) atoms. The molecule has 0 saturated carbocycles. The standard InChI is InChI=1S/C15H24N4O4S2/c1-3-16-15(21)12(2)17-13(20)11-18-6-8-19(9-7-18)25(22,23)14-5-4-10-24-14/h4-5,10,12H,3,6-9,11H2,1-2H3,(H,16,21)(H,17,20)/p+1/t12-/m1/s1. The van der Waals surface area contributed by atoms with Crippen molar-refractivity contribution >= 4 is 33.2 Å². The summed E-state index contributed by atoms with van der Waals surface area (Å²) < 4.78 is 26.7. The van der Waals surface area contributed by atoms with Gasteiger partial charge in [-0.15, -0.1) is 11.3 Å². The third-order valence-electron chi connectivity index (χ3n) is 4.05. The number of carbonyl (C=O) groups is 2. The van der Waals surface area contributed by atoms with Gasteiger partial charge in [0.25, 0.3) is 15.9 Å². The summed E-state index contributed by atoms with van der Waals surface area (Å²) in [6.45, 7) is 6.11. The van der Waals surface area contributed by atoms with Crippen LogP contribution in [0.1, 0.15) is 13.8 Å². The summed E-state index contributed by atoms with van der Waals surface area (Å²) in [6, 6.07) is 2.75. The zero-order valence-electron chi connectivity index (χ0n) is 14.4. The first-order chi connectivity index (χ1) is 11.8. The molecule has 1 atom stereocenters. The normalized spacial score (nSPS) is 17.8. The van der Waals surface area contributed by atoms with Gasteiger partial charge in [0.1, 0.15) is 10.3 Å². The molecular formula is C15H25N4O4S2+. The lowest BCUT2D eigenvalue weighted by Gasteiger charge is -2.31. The topological polar surface area (TPSA) is 100 Å². The Bertz CT molecular complexity index is 682. The van der Waals surface area contributed by atoms with E-state index in [0.717, 1.165) is 4.90 Å². The zero-order chi connectivity index (χ0) is 18.4. The number of thiophene rings is 1. The van der Waals surface area contributed by atoms with Gasteiger partial charge in [0.15, 0.2) is 6.54 Å². The first-order valence-electron chi connectivity index (χ1n) is 8.29. The highest BCUT2D eigenvalue weighted by Gasteiger charge is 2.31. The fourth-order valence-corrected chi connectivity index (χ4v) is 5.26. The molecule has 0 spiro atoms. The second-order valence-corrected chi connectivity index (χ2v) is 9.06. The first kappa shape index (κ1) is 19.8. The summed E-state index contributed by atoms with van der Waals surface area (Å²) in [5.74, 6) is -0.416. The second kappa shape index (κ2) is 8.75. The van der Waals surface area contributed by atoms with E-state index < -0.39 is 16.1 Å². The van der Waals surface area contributed by atoms with Gasteiger partial charge in [0.05, 0.1) is 26.2 Å². The van der Waals surface area contributed by atoms with Crippen molar-refractivity contribution in [3.63, 3.8) is 0 Å². The van der Waals surface area contributed by atoms with Crippen LogP contribution in [-0.2, 0) is 19.6 Å². The molecule has 10 heteroatoms. The molecule has 1 aromatic heterocycles. The number of sulfonamides is 1. The van der Waals surface area contributed by atoms with Crippen LogP contribution in [0.2, 0.25) is 0 Å². The molecule has 1 aliphatic heterocycles. The Morgan fingerprint density at radius 3 is 2.60 bits per heavy atom. The third-order valence-corrected chi connectivity index (χ3v) is 7.32. The molecule has 2 rings (SSSR count). The van der Waals surface area contributed by atoms with Gasteiger partial charge in [-0.1, -0.05) is 6.07 Å². The summed E-state index contributed by atoms with van der Waals surface area (Å²) in [7, 11) is -3.42. The molecule has 1 fully saturated rings. The van der Waals surface area contributed by atoms with E-state index in [9.17, 15) is 18.0 Å². The molecule has 0 bridgehead atoms. The molecular weight excluding hydrogens is 364 g/mol. The van der Waals surface area contributed by atoms with Crippen LogP contribution in [0, 0.1) is 0 Å². The lowest BCUT2D eigenvalue weighted by molar-refractivity contribution is -0.895. The van der Waals surface area contributed by atoms with Gasteiger partial charge in [0, 0.05) is 6.54 Å². The number of carbonyl (C=O) groups excluding carboxylic acids is 2. The van der Waals surface area contributed by atoms with Crippen molar-refractivity contribution in [1.29, 1.82) is 0 Å². The lowest BCUT2D eigenvalue weighted by Crippen LogP contribution is -3.15. The van der Waals surface area contributed by atoms with Crippen LogP contribution in [0.3, 0.4) is 0 Å². The maximum atomic E-state index is 12.5. The van der Waals surface area contributed by atoms with E-state index in [0.29, 0.717) is 36.9 Å². The highest BCUT2D eigenvalue weighted by Crippen LogP contribution is 2.20. The molecule has 0 aliphatic carbocycles. The maximum Gasteiger partial charge on any atom is 0.275 e. The van der Waals surface area contributed by atoms with Gasteiger partial charge in [-0.25, -0.2) is 8.42 Å². The maximum absolute atomic E-state index is 12.5. The number of quaternary nitrogens is 1. The van der Waals surface area contributed by atoms with E-state index >= 15 is 0 Å². The van der Waals surface area contributed by atoms with E-state index in [1.807, 2.05) is 6.92 Å². The molecule has 8 nitrogen and oxygen atoms in total. The van der Waals surface area contributed by atoms with Crippen LogP contribution in [0.4, 0.5) is 0 Å². The van der Waals surface area contributed by atoms with Crippen molar-refractivity contribution in [2.75, 3.05) is 39.3 Å². The number of piperazine rings is 1. The van der Waals surface area contributed by atoms with Crippen molar-refractivity contribution in [1.82, 2.24) is 14.9 Å². The van der Waals surface area contributed by atoms with Crippen LogP contribution in [0.25, 0.3) is 0 Å². The number of nitrogens with zero attached hydrogens (tertiary/aromatic N) is 1. The number of hydrogen-bond donors (Lipinski definition) is 3. The Kier molecular flexibility index (Phi) is 6.94. The minimum atomic E-state index is -3.42. The van der Waals surface area contributed by atoms with Crippen molar-refractivity contribution < 1.29 is 22.9 Å². The van der Waals surface area contributed by atoms with E-state index in [1.165, 1.54) is 15.6 Å². The van der Waals surface area contributed by atoms with Gasteiger partial charge in [-0.2, -0.15) is 4.31 Å². The summed E-state index contributed by atoms with van der Waals surface area (Å²) >= 11 is 1.21. The predicted molar refractivity (Wildman–Crippen MR) is 94.9 cm³/mol. The SMILES string of the molecule is CCNC(=O)[C@@H](C)NC(=O)C[NH+]1CCN(S(=O)(=O)c2cccs2)CC1. The van der Waals surface area contributed by atoms with Gasteiger partial charge in [-0.3, -0.25) is 9.59 Å². The Labute approximate surface area is 152 Å². The summed E-state index contributed by atoms with van der Waals surface area (Å²) in [6.07, 6.45) is 0. The molecule has 1 saturated heterocycles. The van der Waals surface area contributed by atoms with E-state index in [4.69, 9.17) is 0 Å². The largest absolute Gasteiger partial charge is 0.355 e. The van der Waals surface area contributed by atoms with Crippen molar-refractivity contribution in [2.45, 2.75) is 24.1 Å². The minimum Gasteiger partial charge on any atom is -0.355 e. The van der Waals surface area contributed by atoms with Crippen molar-refractivity contribution in [3.8, 4) is 0 Å². The number of likely N-dealkylation sites (N-methyl/N-ethyl adjacent to an activating group) is 1. The molecule has 3 N–H and O–H groups in total. The number of rotatable bonds is 7. The van der Waals surface area contributed by atoms with Crippen LogP contribution in [0.5, 0.6) is 0 Å². The van der Waals surface area contributed by atoms with E-state index in [1.54, 1.807) is 24.4 Å². The highest BCUT2D eigenvalue weighted by atomic mass is 32.2. The van der Waals surface area contributed by atoms with Gasteiger partial charge in [0.2, 0.25) is 5.91 Å². The lowest BCUT2D eigenvalue weighted by atomic mass is 10.3. The highest BCUT2D eigenvalue weighted by molar-refractivity contribution is 7.91. The molecule has 0 radical (unpaired) electrons. The quantitative estimate of drug-likeness (QED) is 0.516. The minimum absolute atomic E-state index is 0.205. The molecule has 1 aliphatic rings. The van der Waals surface area contributed by atoms with Gasteiger partial charge < -0.3 is 15.5 Å². The average molecular weight is 390 g/mol. The van der Waals surface area contributed by atoms with Crippen LogP contribution in [0.15, 0.2) is 21.7 Å². The fraction of sp³-hybridized carbons (Fsp3) is 0.600. The predicted octanol–water partition coefficient (Wildman–Crippen LogP) is -1.72. The molecule has 0 unspecified atom stereocenters. The Hall–Kier alpha value is -1.49. The van der Waals surface area contributed by atoms with Crippen molar-refractivity contribution in [2.24, 2.45) is 0 Å². The Morgan fingerprint density at radius 1 is 1.36 bits per heavy atom. The van der Waals surface area contributed by atoms with Crippen LogP contribution >= 0.6 is 11.3 Å². The number of nitrogens with one attached hydrogen (secondary N) is 3. The average Bonchev–Trinajstić information content (AvgIpc) is 3.10. The van der Waals surface area contributed by atoms with E-state index in [-0.39, 0.29) is 18.4 Å². The Morgan fingerprint density at radius 2 is 2.04 bits per heavy atom. The van der Waals surface area contributed by atoms with Crippen LogP contribution in [-0.4, -0.2) is 69.8 Å². The molecule has 2 heterocycles. The monoisotopic (exact) mass is 389 g/mol. The zero-order valence-corrected chi connectivity index (χ0v) is 16.1. The van der Waals surface area contributed by atoms with Gasteiger partial charge >= 0.3 is 0 Å². The van der Waals surface area contributed by atoms with Crippen LogP contribution < -0.4 is 15.5 Å². The fourth-order valence-electron chi connectivity index (χ4n) is 2.67. The second-order valence-electron chi connectivity index (χ2n) is 5.95. The molecule has 0 aromatic carbocycles. The summed E-state index contributed by atoms with van der Waals surface area (Å²) in [4.78, 5) is 24.7. The summed E-state index contributed by atoms with van der Waals surface area (Å²) in [5.41, 5.74) is 0. The number of hydrogen-bond acceptors (Lipinski definition) is 5. The molecule has 1 aromatic rings. The van der Waals surface area contributed by atoms with Gasteiger partial charge in [-0.05, 0) is 25.3 Å². The van der Waals surface area contributed by atoms with Crippen molar-refractivity contribution in [3.05, 3.63) is 17.5 Å². The van der Waals surface area contributed by atoms with E-state index in [2.05, 4.69) is 10.6 Å². The Balaban J connectivity index is 1.80. The molecule has 140 valence electrons.